The lowest BCUT2D eigenvalue weighted by molar-refractivity contribution is 0.101. The third-order valence-electron chi connectivity index (χ3n) is 3.00. The fourth-order valence-electron chi connectivity index (χ4n) is 1.89. The first-order valence-electron chi connectivity index (χ1n) is 6.68. The molecule has 0 radical (unpaired) electrons. The number of aromatic nitrogens is 3. The summed E-state index contributed by atoms with van der Waals surface area (Å²) >= 11 is 0. The van der Waals surface area contributed by atoms with E-state index in [0.29, 0.717) is 18.1 Å². The van der Waals surface area contributed by atoms with Crippen LogP contribution in [0.2, 0.25) is 0 Å². The molecule has 0 saturated heterocycles. The Morgan fingerprint density at radius 2 is 2.05 bits per heavy atom. The van der Waals surface area contributed by atoms with Crippen LogP contribution in [0.1, 0.15) is 17.4 Å². The number of carbonyl (C=O) groups is 1. The van der Waals surface area contributed by atoms with Gasteiger partial charge in [-0.15, -0.1) is 5.10 Å². The van der Waals surface area contributed by atoms with Gasteiger partial charge in [-0.2, -0.15) is 4.68 Å². The van der Waals surface area contributed by atoms with Crippen molar-refractivity contribution in [1.29, 1.82) is 0 Å². The van der Waals surface area contributed by atoms with Crippen LogP contribution >= 0.6 is 0 Å². The largest absolute Gasteiger partial charge is 0.497 e. The van der Waals surface area contributed by atoms with Gasteiger partial charge in [-0.25, -0.2) is 0 Å². The summed E-state index contributed by atoms with van der Waals surface area (Å²) in [6.45, 7) is 1.90. The van der Waals surface area contributed by atoms with Gasteiger partial charge in [0, 0.05) is 36.3 Å². The van der Waals surface area contributed by atoms with E-state index in [1.54, 1.807) is 30.2 Å². The van der Waals surface area contributed by atoms with Crippen LogP contribution in [0.15, 0.2) is 24.3 Å². The minimum atomic E-state index is -0.914. The Morgan fingerprint density at radius 3 is 2.59 bits per heavy atom. The van der Waals surface area contributed by atoms with Crippen molar-refractivity contribution in [3.63, 3.8) is 0 Å². The summed E-state index contributed by atoms with van der Waals surface area (Å²) in [4.78, 5) is 11.7. The third kappa shape index (κ3) is 3.70. The Kier molecular flexibility index (Phi) is 5.26. The summed E-state index contributed by atoms with van der Waals surface area (Å²) in [6, 6.07) is 7.24. The maximum absolute atomic E-state index is 11.7. The van der Waals surface area contributed by atoms with E-state index in [1.165, 1.54) is 6.92 Å². The lowest BCUT2D eigenvalue weighted by atomic mass is 10.3. The number of carbonyl (C=O) groups excluding carboxylic acids is 1. The molecular weight excluding hydrogens is 304 g/mol. The molecule has 0 aliphatic rings. The van der Waals surface area contributed by atoms with E-state index in [9.17, 15) is 9.00 Å². The number of nitrogens with one attached hydrogen (secondary N) is 1. The van der Waals surface area contributed by atoms with E-state index < -0.39 is 10.8 Å². The molecule has 8 heteroatoms. The molecule has 0 spiro atoms. The first kappa shape index (κ1) is 16.2. The molecule has 0 amide bonds. The van der Waals surface area contributed by atoms with E-state index in [0.717, 1.165) is 11.4 Å². The molecule has 0 bridgehead atoms. The number of benzene rings is 1. The van der Waals surface area contributed by atoms with Crippen LogP contribution in [0.5, 0.6) is 5.75 Å². The number of hydrogen-bond donors (Lipinski definition) is 1. The quantitative estimate of drug-likeness (QED) is 0.773. The summed E-state index contributed by atoms with van der Waals surface area (Å²) in [5.41, 5.74) is 1.01. The maximum atomic E-state index is 11.7. The molecule has 1 aromatic heterocycles. The standard InChI is InChI=1S/C14H18N4O3S/c1-10(19)13-14(15-8-9-22(3)20)18(17-16-13)11-4-6-12(21-2)7-5-11/h4-7,15H,8-9H2,1-3H3. The van der Waals surface area contributed by atoms with Crippen LogP contribution in [0.3, 0.4) is 0 Å². The number of anilines is 1. The van der Waals surface area contributed by atoms with Crippen molar-refractivity contribution in [1.82, 2.24) is 15.0 Å². The van der Waals surface area contributed by atoms with Crippen LogP contribution in [-0.2, 0) is 10.8 Å². The summed E-state index contributed by atoms with van der Waals surface area (Å²) < 4.78 is 17.8. The Morgan fingerprint density at radius 1 is 1.36 bits per heavy atom. The Hall–Kier alpha value is -2.22. The highest BCUT2D eigenvalue weighted by atomic mass is 32.2. The lowest BCUT2D eigenvalue weighted by Crippen LogP contribution is -2.15. The number of ether oxygens (including phenoxy) is 1. The highest BCUT2D eigenvalue weighted by Crippen LogP contribution is 2.20. The zero-order chi connectivity index (χ0) is 16.1. The SMILES string of the molecule is COc1ccc(-n2nnc(C(C)=O)c2NCCS(C)=O)cc1. The Labute approximate surface area is 131 Å². The normalized spacial score (nSPS) is 12.0. The molecule has 2 aromatic rings. The number of rotatable bonds is 7. The summed E-state index contributed by atoms with van der Waals surface area (Å²) in [5, 5.41) is 11.0. The van der Waals surface area contributed by atoms with Gasteiger partial charge in [-0.1, -0.05) is 5.21 Å². The van der Waals surface area contributed by atoms with Gasteiger partial charge in [0.15, 0.2) is 17.3 Å². The van der Waals surface area contributed by atoms with Gasteiger partial charge < -0.3 is 10.1 Å². The molecule has 0 fully saturated rings. The number of Topliss-reactive ketones (excluding diaryl/α,β-unsaturated/α-hetero) is 1. The molecule has 0 saturated carbocycles. The maximum Gasteiger partial charge on any atom is 0.183 e. The van der Waals surface area contributed by atoms with Crippen molar-refractivity contribution < 1.29 is 13.7 Å². The topological polar surface area (TPSA) is 86.1 Å². The molecule has 2 rings (SSSR count). The van der Waals surface area contributed by atoms with Crippen LogP contribution in [-0.4, -0.2) is 50.6 Å². The van der Waals surface area contributed by atoms with Gasteiger partial charge in [0.2, 0.25) is 0 Å². The van der Waals surface area contributed by atoms with Crippen molar-refractivity contribution >= 4 is 22.4 Å². The fraction of sp³-hybridized carbons (Fsp3) is 0.357. The zero-order valence-electron chi connectivity index (χ0n) is 12.7. The van der Waals surface area contributed by atoms with Crippen LogP contribution in [0, 0.1) is 0 Å². The van der Waals surface area contributed by atoms with E-state index in [-0.39, 0.29) is 11.5 Å². The molecule has 1 atom stereocenters. The summed E-state index contributed by atoms with van der Waals surface area (Å²) in [7, 11) is 0.680. The van der Waals surface area contributed by atoms with Gasteiger partial charge >= 0.3 is 0 Å². The van der Waals surface area contributed by atoms with E-state index in [1.807, 2.05) is 12.1 Å². The number of nitrogens with zero attached hydrogens (tertiary/aromatic N) is 3. The van der Waals surface area contributed by atoms with E-state index in [2.05, 4.69) is 15.6 Å². The molecule has 118 valence electrons. The van der Waals surface area contributed by atoms with E-state index >= 15 is 0 Å². The highest BCUT2D eigenvalue weighted by Gasteiger charge is 2.17. The molecule has 1 aromatic carbocycles. The smallest absolute Gasteiger partial charge is 0.183 e. The molecule has 1 heterocycles. The third-order valence-corrected chi connectivity index (χ3v) is 3.78. The minimum absolute atomic E-state index is 0.181. The monoisotopic (exact) mass is 322 g/mol. The van der Waals surface area contributed by atoms with Crippen molar-refractivity contribution in [2.24, 2.45) is 0 Å². The number of hydrogen-bond acceptors (Lipinski definition) is 6. The minimum Gasteiger partial charge on any atom is -0.497 e. The molecule has 22 heavy (non-hydrogen) atoms. The van der Waals surface area contributed by atoms with Gasteiger partial charge in [-0.3, -0.25) is 9.00 Å². The van der Waals surface area contributed by atoms with Crippen LogP contribution < -0.4 is 10.1 Å². The average Bonchev–Trinajstić information content (AvgIpc) is 2.91. The molecular formula is C14H18N4O3S. The lowest BCUT2D eigenvalue weighted by Gasteiger charge is -2.10. The van der Waals surface area contributed by atoms with Crippen molar-refractivity contribution in [2.75, 3.05) is 31.0 Å². The van der Waals surface area contributed by atoms with Gasteiger partial charge in [0.1, 0.15) is 5.75 Å². The van der Waals surface area contributed by atoms with Crippen LogP contribution in [0.25, 0.3) is 5.69 Å². The van der Waals surface area contributed by atoms with Gasteiger partial charge in [-0.05, 0) is 24.3 Å². The van der Waals surface area contributed by atoms with E-state index in [4.69, 9.17) is 4.74 Å². The van der Waals surface area contributed by atoms with Crippen molar-refractivity contribution in [3.8, 4) is 11.4 Å². The van der Waals surface area contributed by atoms with Crippen LogP contribution in [0.4, 0.5) is 5.82 Å². The van der Waals surface area contributed by atoms with Crippen molar-refractivity contribution in [3.05, 3.63) is 30.0 Å². The Balaban J connectivity index is 2.33. The Bertz CT molecular complexity index is 682. The van der Waals surface area contributed by atoms with Crippen molar-refractivity contribution in [2.45, 2.75) is 6.92 Å². The number of methoxy groups -OCH3 is 1. The fourth-order valence-corrected chi connectivity index (χ4v) is 2.28. The summed E-state index contributed by atoms with van der Waals surface area (Å²) in [6.07, 6.45) is 1.63. The highest BCUT2D eigenvalue weighted by molar-refractivity contribution is 7.84. The molecule has 0 aliphatic carbocycles. The van der Waals surface area contributed by atoms with Gasteiger partial charge in [0.25, 0.3) is 0 Å². The molecule has 1 N–H and O–H groups in total. The second-order valence-corrected chi connectivity index (χ2v) is 6.21. The molecule has 7 nitrogen and oxygen atoms in total. The second-order valence-electron chi connectivity index (χ2n) is 4.66. The first-order valence-corrected chi connectivity index (χ1v) is 8.40. The van der Waals surface area contributed by atoms with Gasteiger partial charge in [0.05, 0.1) is 12.8 Å². The number of ketones is 1. The molecule has 1 unspecified atom stereocenters. The predicted octanol–water partition coefficient (Wildman–Crippen LogP) is 1.27. The average molecular weight is 322 g/mol. The molecule has 0 aliphatic heterocycles. The first-order chi connectivity index (χ1) is 10.5. The predicted molar refractivity (Wildman–Crippen MR) is 85.3 cm³/mol. The second kappa shape index (κ2) is 7.17. The zero-order valence-corrected chi connectivity index (χ0v) is 13.5. The summed E-state index contributed by atoms with van der Waals surface area (Å²) in [5.74, 6) is 1.53.